The number of hydrogen-bond acceptors (Lipinski definition) is 7. The number of rotatable bonds is 8. The Balaban J connectivity index is 2.37. The molecule has 0 saturated carbocycles. The van der Waals surface area contributed by atoms with Crippen LogP contribution in [0.4, 0.5) is 5.69 Å². The van der Waals surface area contributed by atoms with Gasteiger partial charge in [0, 0.05) is 18.3 Å². The molecule has 0 radical (unpaired) electrons. The van der Waals surface area contributed by atoms with Crippen molar-refractivity contribution in [1.82, 2.24) is 5.32 Å². The predicted octanol–water partition coefficient (Wildman–Crippen LogP) is -0.708. The lowest BCUT2D eigenvalue weighted by molar-refractivity contribution is -0.856. The Kier molecular flexibility index (Phi) is 7.30. The van der Waals surface area contributed by atoms with Crippen molar-refractivity contribution in [2.24, 2.45) is 10.9 Å². The summed E-state index contributed by atoms with van der Waals surface area (Å²) in [6.07, 6.45) is 1.37. The summed E-state index contributed by atoms with van der Waals surface area (Å²) in [4.78, 5) is 31.9. The van der Waals surface area contributed by atoms with Gasteiger partial charge >= 0.3 is 0 Å². The Bertz CT molecular complexity index is 771. The summed E-state index contributed by atoms with van der Waals surface area (Å²) in [5.41, 5.74) is 0.389. The third kappa shape index (κ3) is 4.57. The SMILES string of the molecule is COc1cc(N2C(=O)C(C=NCC[NH+](C)C)C(=O)NC2=S)cc(OC)c1OC. The number of ether oxygens (including phenoxy) is 3. The quantitative estimate of drug-likeness (QED) is 0.335. The first-order valence-corrected chi connectivity index (χ1v) is 9.02. The lowest BCUT2D eigenvalue weighted by atomic mass is 10.1. The molecule has 2 N–H and O–H groups in total. The van der Waals surface area contributed by atoms with E-state index >= 15 is 0 Å². The molecule has 0 spiro atoms. The van der Waals surface area contributed by atoms with E-state index in [1.165, 1.54) is 37.3 Å². The number of nitrogens with one attached hydrogen (secondary N) is 2. The van der Waals surface area contributed by atoms with Gasteiger partial charge in [-0.1, -0.05) is 0 Å². The van der Waals surface area contributed by atoms with Gasteiger partial charge in [0.05, 0.1) is 54.2 Å². The van der Waals surface area contributed by atoms with E-state index < -0.39 is 17.7 Å². The fourth-order valence-corrected chi connectivity index (χ4v) is 2.93. The largest absolute Gasteiger partial charge is 0.493 e. The Morgan fingerprint density at radius 1 is 1.18 bits per heavy atom. The van der Waals surface area contributed by atoms with Crippen LogP contribution in [0.5, 0.6) is 17.2 Å². The maximum Gasteiger partial charge on any atom is 0.251 e. The molecule has 9 nitrogen and oxygen atoms in total. The van der Waals surface area contributed by atoms with Crippen LogP contribution in [-0.4, -0.2) is 71.7 Å². The molecule has 10 heteroatoms. The maximum absolute atomic E-state index is 13.0. The molecule has 1 aromatic carbocycles. The van der Waals surface area contributed by atoms with Crippen LogP contribution in [0.25, 0.3) is 0 Å². The number of aliphatic imine (C=N–C) groups is 1. The highest BCUT2D eigenvalue weighted by Crippen LogP contribution is 2.41. The summed E-state index contributed by atoms with van der Waals surface area (Å²) in [6, 6.07) is 3.18. The zero-order valence-corrected chi connectivity index (χ0v) is 17.4. The van der Waals surface area contributed by atoms with E-state index in [9.17, 15) is 9.59 Å². The first-order valence-electron chi connectivity index (χ1n) is 8.61. The number of anilines is 1. The minimum Gasteiger partial charge on any atom is -0.493 e. The number of hydrogen-bond donors (Lipinski definition) is 2. The number of carbonyl (C=O) groups is 2. The predicted molar refractivity (Wildman–Crippen MR) is 109 cm³/mol. The van der Waals surface area contributed by atoms with Gasteiger partial charge in [0.1, 0.15) is 0 Å². The number of quaternary nitrogens is 1. The van der Waals surface area contributed by atoms with Crippen LogP contribution in [0.15, 0.2) is 17.1 Å². The third-order valence-corrected chi connectivity index (χ3v) is 4.39. The van der Waals surface area contributed by atoms with E-state index in [2.05, 4.69) is 10.3 Å². The summed E-state index contributed by atoms with van der Waals surface area (Å²) < 4.78 is 16.0. The van der Waals surface area contributed by atoms with Crippen molar-refractivity contribution in [3.63, 3.8) is 0 Å². The van der Waals surface area contributed by atoms with Gasteiger partial charge in [-0.05, 0) is 12.2 Å². The molecule has 2 rings (SSSR count). The van der Waals surface area contributed by atoms with Crippen molar-refractivity contribution in [2.75, 3.05) is 53.4 Å². The van der Waals surface area contributed by atoms with Crippen molar-refractivity contribution in [2.45, 2.75) is 0 Å². The minimum absolute atomic E-state index is 0.0216. The van der Waals surface area contributed by atoms with Crippen LogP contribution >= 0.6 is 12.2 Å². The lowest BCUT2D eigenvalue weighted by Gasteiger charge is -2.31. The molecule has 2 amide bonds. The van der Waals surface area contributed by atoms with Crippen LogP contribution in [0.3, 0.4) is 0 Å². The second-order valence-corrected chi connectivity index (χ2v) is 6.73. The Hall–Kier alpha value is -2.72. The molecule has 1 aliphatic heterocycles. The summed E-state index contributed by atoms with van der Waals surface area (Å²) in [5, 5.41) is 2.53. The molecule has 1 atom stereocenters. The standard InChI is InChI=1S/C18H24N4O5S/c1-21(2)7-6-19-10-12-16(23)20-18(28)22(17(12)24)11-8-13(25-3)15(27-5)14(9-11)26-4/h8-10,12H,6-7H2,1-5H3,(H,20,23,28)/p+1. The summed E-state index contributed by atoms with van der Waals surface area (Å²) in [6.45, 7) is 1.29. The molecule has 1 fully saturated rings. The Labute approximate surface area is 169 Å². The summed E-state index contributed by atoms with van der Waals surface area (Å²) in [5.74, 6) is -0.948. The molecule has 28 heavy (non-hydrogen) atoms. The number of carbonyl (C=O) groups excluding carboxylic acids is 2. The normalized spacial score (nSPS) is 17.3. The zero-order chi connectivity index (χ0) is 20.8. The monoisotopic (exact) mass is 409 g/mol. The lowest BCUT2D eigenvalue weighted by Crippen LogP contribution is -3.06. The smallest absolute Gasteiger partial charge is 0.251 e. The van der Waals surface area contributed by atoms with Gasteiger partial charge in [0.2, 0.25) is 11.7 Å². The minimum atomic E-state index is -1.07. The van der Waals surface area contributed by atoms with Gasteiger partial charge in [-0.15, -0.1) is 0 Å². The molecule has 0 aliphatic carbocycles. The molecule has 152 valence electrons. The van der Waals surface area contributed by atoms with Crippen LogP contribution in [0.2, 0.25) is 0 Å². The molecule has 1 unspecified atom stereocenters. The van der Waals surface area contributed by atoms with Gasteiger partial charge in [0.15, 0.2) is 22.5 Å². The Morgan fingerprint density at radius 3 is 2.29 bits per heavy atom. The second-order valence-electron chi connectivity index (χ2n) is 6.34. The van der Waals surface area contributed by atoms with E-state index in [0.29, 0.717) is 29.5 Å². The fraction of sp³-hybridized carbons (Fsp3) is 0.444. The number of thiocarbonyl (C=S) groups is 1. The average molecular weight is 409 g/mol. The average Bonchev–Trinajstić information content (AvgIpc) is 2.65. The number of amides is 2. The van der Waals surface area contributed by atoms with Crippen molar-refractivity contribution in [1.29, 1.82) is 0 Å². The van der Waals surface area contributed by atoms with E-state index in [-0.39, 0.29) is 5.11 Å². The summed E-state index contributed by atoms with van der Waals surface area (Å²) >= 11 is 5.22. The topological polar surface area (TPSA) is 93.9 Å². The van der Waals surface area contributed by atoms with Crippen LogP contribution in [0, 0.1) is 5.92 Å². The number of benzene rings is 1. The van der Waals surface area contributed by atoms with Crippen molar-refractivity contribution in [3.05, 3.63) is 12.1 Å². The molecule has 1 heterocycles. The molecule has 0 aromatic heterocycles. The molecular weight excluding hydrogens is 384 g/mol. The van der Waals surface area contributed by atoms with Crippen molar-refractivity contribution < 1.29 is 28.7 Å². The molecule has 1 aromatic rings. The molecule has 1 aliphatic rings. The van der Waals surface area contributed by atoms with Crippen molar-refractivity contribution >= 4 is 41.0 Å². The Morgan fingerprint density at radius 2 is 1.79 bits per heavy atom. The van der Waals surface area contributed by atoms with Crippen LogP contribution in [0.1, 0.15) is 0 Å². The first kappa shape index (κ1) is 21.6. The number of methoxy groups -OCH3 is 3. The number of likely N-dealkylation sites (N-methyl/N-ethyl adjacent to an activating group) is 1. The first-order chi connectivity index (χ1) is 13.3. The second kappa shape index (κ2) is 9.47. The van der Waals surface area contributed by atoms with E-state index in [0.717, 1.165) is 6.54 Å². The molecule has 1 saturated heterocycles. The van der Waals surface area contributed by atoms with Gasteiger partial charge in [-0.25, -0.2) is 0 Å². The van der Waals surface area contributed by atoms with Gasteiger partial charge in [0.25, 0.3) is 5.91 Å². The van der Waals surface area contributed by atoms with Gasteiger partial charge in [-0.2, -0.15) is 0 Å². The third-order valence-electron chi connectivity index (χ3n) is 4.11. The number of nitrogens with zero attached hydrogens (tertiary/aromatic N) is 2. The van der Waals surface area contributed by atoms with E-state index in [1.807, 2.05) is 14.1 Å². The molecular formula is C18H25N4O5S+. The van der Waals surface area contributed by atoms with Crippen molar-refractivity contribution in [3.8, 4) is 17.2 Å². The highest BCUT2D eigenvalue weighted by molar-refractivity contribution is 7.80. The van der Waals surface area contributed by atoms with Gasteiger partial charge in [-0.3, -0.25) is 19.5 Å². The summed E-state index contributed by atoms with van der Waals surface area (Å²) in [7, 11) is 8.43. The van der Waals surface area contributed by atoms with E-state index in [1.54, 1.807) is 12.1 Å². The van der Waals surface area contributed by atoms with Crippen LogP contribution < -0.4 is 29.3 Å². The van der Waals surface area contributed by atoms with Crippen LogP contribution in [-0.2, 0) is 9.59 Å². The van der Waals surface area contributed by atoms with Gasteiger partial charge < -0.3 is 24.4 Å². The highest BCUT2D eigenvalue weighted by Gasteiger charge is 2.39. The molecule has 0 bridgehead atoms. The fourth-order valence-electron chi connectivity index (χ4n) is 2.63. The maximum atomic E-state index is 13.0. The zero-order valence-electron chi connectivity index (χ0n) is 16.6. The van der Waals surface area contributed by atoms with E-state index in [4.69, 9.17) is 26.4 Å². The highest BCUT2D eigenvalue weighted by atomic mass is 32.1.